The molecule has 4 rings (SSSR count). The molecule has 0 aromatic carbocycles. The number of ether oxygens (including phenoxy) is 2. The van der Waals surface area contributed by atoms with Gasteiger partial charge >= 0.3 is 11.9 Å². The molecule has 132 valence electrons. The summed E-state index contributed by atoms with van der Waals surface area (Å²) < 4.78 is 10.7. The lowest BCUT2D eigenvalue weighted by atomic mass is 9.36. The van der Waals surface area contributed by atoms with E-state index in [4.69, 9.17) is 9.47 Å². The number of esters is 2. The van der Waals surface area contributed by atoms with Gasteiger partial charge in [0, 0.05) is 31.1 Å². The van der Waals surface area contributed by atoms with Gasteiger partial charge in [-0.15, -0.1) is 0 Å². The van der Waals surface area contributed by atoms with E-state index in [9.17, 15) is 14.4 Å². The van der Waals surface area contributed by atoms with Crippen LogP contribution in [0.25, 0.3) is 0 Å². The molecule has 5 unspecified atom stereocenters. The first-order valence-electron chi connectivity index (χ1n) is 8.70. The van der Waals surface area contributed by atoms with Gasteiger partial charge in [-0.25, -0.2) is 0 Å². The summed E-state index contributed by atoms with van der Waals surface area (Å²) in [5, 5.41) is 0. The Kier molecular flexibility index (Phi) is 4.09. The molecule has 0 aromatic heterocycles. The fraction of sp³-hybridized carbons (Fsp3) is 0.737. The zero-order chi connectivity index (χ0) is 17.7. The van der Waals surface area contributed by atoms with Crippen molar-refractivity contribution in [1.82, 2.24) is 0 Å². The molecule has 0 amide bonds. The first-order chi connectivity index (χ1) is 11.2. The molecule has 5 nitrogen and oxygen atoms in total. The smallest absolute Gasteiger partial charge is 0.302 e. The number of fused-ring (bicyclic) bond motifs is 2. The molecular formula is C19H26O5. The van der Waals surface area contributed by atoms with Gasteiger partial charge in [0.05, 0.1) is 13.2 Å². The molecule has 4 aliphatic carbocycles. The second-order valence-electron chi connectivity index (χ2n) is 8.06. The van der Waals surface area contributed by atoms with Gasteiger partial charge in [0.1, 0.15) is 0 Å². The summed E-state index contributed by atoms with van der Waals surface area (Å²) in [6.45, 7) is 9.82. The van der Waals surface area contributed by atoms with Gasteiger partial charge in [-0.2, -0.15) is 0 Å². The van der Waals surface area contributed by atoms with Crippen LogP contribution in [0.1, 0.15) is 46.5 Å². The van der Waals surface area contributed by atoms with Crippen LogP contribution in [-0.2, 0) is 23.9 Å². The minimum absolute atomic E-state index is 0.0335. The SMILES string of the molecule is C=C1C(=O)CC2C3C1C2(COC(C)=O)CCCC3(C)COC(C)=O. The zero-order valence-electron chi connectivity index (χ0n) is 14.7. The highest BCUT2D eigenvalue weighted by atomic mass is 16.5. The predicted octanol–water partition coefficient (Wildman–Crippen LogP) is 2.68. The number of allylic oxidation sites excluding steroid dienone is 1. The van der Waals surface area contributed by atoms with Crippen LogP contribution in [0.3, 0.4) is 0 Å². The Balaban J connectivity index is 1.91. The minimum atomic E-state index is -0.283. The first kappa shape index (κ1) is 17.2. The van der Waals surface area contributed by atoms with Crippen molar-refractivity contribution < 1.29 is 23.9 Å². The molecule has 5 atom stereocenters. The molecule has 0 N–H and O–H groups in total. The molecule has 4 aliphatic rings. The normalized spacial score (nSPS) is 40.4. The van der Waals surface area contributed by atoms with Crippen LogP contribution in [0, 0.1) is 28.6 Å². The lowest BCUT2D eigenvalue weighted by molar-refractivity contribution is -0.206. The third-order valence-electron chi connectivity index (χ3n) is 6.63. The number of rotatable bonds is 4. The first-order valence-corrected chi connectivity index (χ1v) is 8.70. The molecule has 5 heteroatoms. The highest BCUT2D eigenvalue weighted by molar-refractivity contribution is 5.98. The van der Waals surface area contributed by atoms with Crippen LogP contribution in [-0.4, -0.2) is 30.9 Å². The third kappa shape index (κ3) is 2.40. The van der Waals surface area contributed by atoms with E-state index in [0.717, 1.165) is 19.3 Å². The van der Waals surface area contributed by atoms with Crippen molar-refractivity contribution in [3.8, 4) is 0 Å². The summed E-state index contributed by atoms with van der Waals surface area (Å²) in [7, 11) is 0. The molecule has 4 bridgehead atoms. The molecular weight excluding hydrogens is 308 g/mol. The summed E-state index contributed by atoms with van der Waals surface area (Å²) in [5.41, 5.74) is 0.363. The average Bonchev–Trinajstić information content (AvgIpc) is 2.70. The molecule has 24 heavy (non-hydrogen) atoms. The minimum Gasteiger partial charge on any atom is -0.465 e. The summed E-state index contributed by atoms with van der Waals surface area (Å²) in [5.74, 6) is 0.0615. The molecule has 0 aliphatic heterocycles. The van der Waals surface area contributed by atoms with E-state index in [1.54, 1.807) is 0 Å². The van der Waals surface area contributed by atoms with Crippen molar-refractivity contribution >= 4 is 17.7 Å². The van der Waals surface area contributed by atoms with Crippen LogP contribution < -0.4 is 0 Å². The lowest BCUT2D eigenvalue weighted by Crippen LogP contribution is -2.67. The fourth-order valence-corrected chi connectivity index (χ4v) is 5.61. The molecule has 0 aromatic rings. The Bertz CT molecular complexity index is 609. The number of carbonyl (C=O) groups is 3. The predicted molar refractivity (Wildman–Crippen MR) is 86.9 cm³/mol. The second kappa shape index (κ2) is 5.71. The van der Waals surface area contributed by atoms with Crippen molar-refractivity contribution in [3.05, 3.63) is 12.2 Å². The number of ketones is 1. The van der Waals surface area contributed by atoms with Gasteiger partial charge < -0.3 is 9.47 Å². The van der Waals surface area contributed by atoms with Crippen LogP contribution in [0.15, 0.2) is 12.2 Å². The topological polar surface area (TPSA) is 69.7 Å². The van der Waals surface area contributed by atoms with E-state index in [1.165, 1.54) is 13.8 Å². The van der Waals surface area contributed by atoms with Gasteiger partial charge in [0.2, 0.25) is 0 Å². The number of carbonyl (C=O) groups excluding carboxylic acids is 3. The third-order valence-corrected chi connectivity index (χ3v) is 6.63. The van der Waals surface area contributed by atoms with Crippen LogP contribution in [0.4, 0.5) is 0 Å². The van der Waals surface area contributed by atoms with Crippen LogP contribution in [0.2, 0.25) is 0 Å². The van der Waals surface area contributed by atoms with Crippen molar-refractivity contribution in [2.45, 2.75) is 46.5 Å². The maximum Gasteiger partial charge on any atom is 0.302 e. The Hall–Kier alpha value is -1.65. The van der Waals surface area contributed by atoms with Crippen molar-refractivity contribution in [2.75, 3.05) is 13.2 Å². The number of hydrogen-bond donors (Lipinski definition) is 0. The van der Waals surface area contributed by atoms with E-state index < -0.39 is 0 Å². The lowest BCUT2D eigenvalue weighted by Gasteiger charge is -2.67. The highest BCUT2D eigenvalue weighted by Crippen LogP contribution is 2.72. The van der Waals surface area contributed by atoms with Gasteiger partial charge in [0.25, 0.3) is 0 Å². The van der Waals surface area contributed by atoms with Crippen LogP contribution >= 0.6 is 0 Å². The van der Waals surface area contributed by atoms with Gasteiger partial charge in [-0.05, 0) is 36.2 Å². The summed E-state index contributed by atoms with van der Waals surface area (Å²) in [6, 6.07) is 0. The molecule has 0 heterocycles. The van der Waals surface area contributed by atoms with E-state index in [1.807, 2.05) is 0 Å². The Labute approximate surface area is 142 Å². The Morgan fingerprint density at radius 3 is 2.38 bits per heavy atom. The van der Waals surface area contributed by atoms with Crippen LogP contribution in [0.5, 0.6) is 0 Å². The van der Waals surface area contributed by atoms with Gasteiger partial charge in [0.15, 0.2) is 5.78 Å². The number of hydrogen-bond acceptors (Lipinski definition) is 5. The van der Waals surface area contributed by atoms with Gasteiger partial charge in [-0.3, -0.25) is 14.4 Å². The molecule has 0 saturated heterocycles. The highest BCUT2D eigenvalue weighted by Gasteiger charge is 2.71. The Morgan fingerprint density at radius 2 is 1.79 bits per heavy atom. The van der Waals surface area contributed by atoms with E-state index in [0.29, 0.717) is 25.2 Å². The quantitative estimate of drug-likeness (QED) is 0.584. The molecule has 0 radical (unpaired) electrons. The maximum atomic E-state index is 12.2. The maximum absolute atomic E-state index is 12.2. The number of Topliss-reactive ketones (excluding diaryl/α,β-unsaturated/α-hetero) is 1. The Morgan fingerprint density at radius 1 is 1.17 bits per heavy atom. The largest absolute Gasteiger partial charge is 0.465 e. The molecule has 4 saturated carbocycles. The second-order valence-corrected chi connectivity index (χ2v) is 8.06. The van der Waals surface area contributed by atoms with E-state index in [-0.39, 0.29) is 46.3 Å². The van der Waals surface area contributed by atoms with Crippen molar-refractivity contribution in [1.29, 1.82) is 0 Å². The average molecular weight is 334 g/mol. The summed E-state index contributed by atoms with van der Waals surface area (Å²) in [6.07, 6.45) is 3.32. The monoisotopic (exact) mass is 334 g/mol. The summed E-state index contributed by atoms with van der Waals surface area (Å²) in [4.78, 5) is 34.9. The van der Waals surface area contributed by atoms with Crippen molar-refractivity contribution in [3.63, 3.8) is 0 Å². The van der Waals surface area contributed by atoms with E-state index >= 15 is 0 Å². The van der Waals surface area contributed by atoms with E-state index in [2.05, 4.69) is 13.5 Å². The fourth-order valence-electron chi connectivity index (χ4n) is 5.61. The van der Waals surface area contributed by atoms with Gasteiger partial charge in [-0.1, -0.05) is 19.9 Å². The zero-order valence-corrected chi connectivity index (χ0v) is 14.7. The molecule has 4 fully saturated rings. The standard InChI is InChI=1S/C19H26O5/c1-11-15(22)8-14-17-16(11)19(14,10-24-13(3)21)7-5-6-18(17,4)9-23-12(2)20/h14,16-17H,1,5-10H2,2-4H3. The van der Waals surface area contributed by atoms with Crippen molar-refractivity contribution in [2.24, 2.45) is 28.6 Å². The summed E-state index contributed by atoms with van der Waals surface area (Å²) >= 11 is 0. The molecule has 0 spiro atoms.